The Balaban J connectivity index is 2.14. The Morgan fingerprint density at radius 2 is 2.44 bits per heavy atom. The highest BCUT2D eigenvalue weighted by Crippen LogP contribution is 2.14. The van der Waals surface area contributed by atoms with E-state index in [0.717, 1.165) is 36.9 Å². The highest BCUT2D eigenvalue weighted by molar-refractivity contribution is 9.10. The van der Waals surface area contributed by atoms with Gasteiger partial charge in [0.2, 0.25) is 0 Å². The van der Waals surface area contributed by atoms with Crippen LogP contribution < -0.4 is 5.32 Å². The Hall–Kier alpha value is -0.940. The molecule has 0 radical (unpaired) electrons. The van der Waals surface area contributed by atoms with Crippen LogP contribution in [0, 0.1) is 0 Å². The molecule has 0 saturated carbocycles. The van der Waals surface area contributed by atoms with Crippen LogP contribution in [0.5, 0.6) is 0 Å². The molecule has 18 heavy (non-hydrogen) atoms. The zero-order valence-corrected chi connectivity index (χ0v) is 12.1. The molecule has 2 rings (SSSR count). The molecule has 1 amide bonds. The third-order valence-electron chi connectivity index (χ3n) is 3.15. The fourth-order valence-corrected chi connectivity index (χ4v) is 2.48. The van der Waals surface area contributed by atoms with Gasteiger partial charge in [-0.2, -0.15) is 0 Å². The van der Waals surface area contributed by atoms with Crippen molar-refractivity contribution in [1.82, 2.24) is 15.2 Å². The monoisotopic (exact) mass is 311 g/mol. The van der Waals surface area contributed by atoms with Crippen molar-refractivity contribution in [3.8, 4) is 0 Å². The Bertz CT molecular complexity index is 401. The standard InChI is InChI=1S/C13H18BrN3O/c1-2-7-17(11-5-6-15-9-11)13(18)12-4-3-10(14)8-16-12/h3-4,8,11,15H,2,5-7,9H2,1H3. The van der Waals surface area contributed by atoms with Crippen LogP contribution in [0.25, 0.3) is 0 Å². The number of rotatable bonds is 4. The van der Waals surface area contributed by atoms with Crippen LogP contribution in [0.3, 0.4) is 0 Å². The lowest BCUT2D eigenvalue weighted by Gasteiger charge is -2.27. The minimum absolute atomic E-state index is 0.0399. The molecular formula is C13H18BrN3O. The number of aromatic nitrogens is 1. The molecule has 0 aliphatic carbocycles. The van der Waals surface area contributed by atoms with Gasteiger partial charge in [0.15, 0.2) is 0 Å². The second-order valence-corrected chi connectivity index (χ2v) is 5.42. The van der Waals surface area contributed by atoms with Gasteiger partial charge >= 0.3 is 0 Å². The zero-order chi connectivity index (χ0) is 13.0. The van der Waals surface area contributed by atoms with Gasteiger partial charge < -0.3 is 10.2 Å². The van der Waals surface area contributed by atoms with Crippen molar-refractivity contribution in [2.75, 3.05) is 19.6 Å². The van der Waals surface area contributed by atoms with Gasteiger partial charge in [-0.15, -0.1) is 0 Å². The van der Waals surface area contributed by atoms with Crippen molar-refractivity contribution in [3.05, 3.63) is 28.5 Å². The molecule has 4 nitrogen and oxygen atoms in total. The molecule has 2 heterocycles. The van der Waals surface area contributed by atoms with Crippen molar-refractivity contribution in [1.29, 1.82) is 0 Å². The minimum atomic E-state index is 0.0399. The molecule has 1 fully saturated rings. The van der Waals surface area contributed by atoms with E-state index in [1.54, 1.807) is 12.3 Å². The van der Waals surface area contributed by atoms with Crippen LogP contribution in [0.1, 0.15) is 30.3 Å². The van der Waals surface area contributed by atoms with E-state index in [2.05, 4.69) is 33.2 Å². The topological polar surface area (TPSA) is 45.2 Å². The zero-order valence-electron chi connectivity index (χ0n) is 10.5. The van der Waals surface area contributed by atoms with E-state index >= 15 is 0 Å². The number of halogens is 1. The highest BCUT2D eigenvalue weighted by atomic mass is 79.9. The van der Waals surface area contributed by atoms with Gasteiger partial charge in [0.25, 0.3) is 5.91 Å². The number of carbonyl (C=O) groups excluding carboxylic acids is 1. The van der Waals surface area contributed by atoms with Crippen LogP contribution in [0.2, 0.25) is 0 Å². The molecule has 1 unspecified atom stereocenters. The number of pyridine rings is 1. The lowest BCUT2D eigenvalue weighted by molar-refractivity contribution is 0.0686. The molecule has 1 N–H and O–H groups in total. The van der Waals surface area contributed by atoms with E-state index in [-0.39, 0.29) is 5.91 Å². The third-order valence-corrected chi connectivity index (χ3v) is 3.62. The molecule has 1 aromatic heterocycles. The summed E-state index contributed by atoms with van der Waals surface area (Å²) in [6.07, 6.45) is 3.67. The van der Waals surface area contributed by atoms with Gasteiger partial charge in [0.1, 0.15) is 5.69 Å². The van der Waals surface area contributed by atoms with Crippen LogP contribution in [0.15, 0.2) is 22.8 Å². The van der Waals surface area contributed by atoms with Crippen LogP contribution >= 0.6 is 15.9 Å². The minimum Gasteiger partial charge on any atom is -0.333 e. The normalized spacial score (nSPS) is 18.9. The van der Waals surface area contributed by atoms with E-state index < -0.39 is 0 Å². The van der Waals surface area contributed by atoms with Crippen molar-refractivity contribution in [2.24, 2.45) is 0 Å². The molecule has 98 valence electrons. The molecule has 1 aromatic rings. The Morgan fingerprint density at radius 1 is 1.61 bits per heavy atom. The molecule has 0 aromatic carbocycles. The highest BCUT2D eigenvalue weighted by Gasteiger charge is 2.27. The van der Waals surface area contributed by atoms with E-state index in [1.807, 2.05) is 11.0 Å². The SMILES string of the molecule is CCCN(C(=O)c1ccc(Br)cn1)C1CCNC1. The molecule has 0 bridgehead atoms. The van der Waals surface area contributed by atoms with Crippen molar-refractivity contribution >= 4 is 21.8 Å². The number of nitrogens with zero attached hydrogens (tertiary/aromatic N) is 2. The molecular weight excluding hydrogens is 294 g/mol. The molecule has 1 atom stereocenters. The largest absolute Gasteiger partial charge is 0.333 e. The Labute approximate surface area is 116 Å². The smallest absolute Gasteiger partial charge is 0.272 e. The maximum absolute atomic E-state index is 12.5. The van der Waals surface area contributed by atoms with Crippen molar-refractivity contribution < 1.29 is 4.79 Å². The number of hydrogen-bond acceptors (Lipinski definition) is 3. The summed E-state index contributed by atoms with van der Waals surface area (Å²) in [6.45, 7) is 4.77. The predicted octanol–water partition coefficient (Wildman–Crippen LogP) is 2.06. The number of hydrogen-bond donors (Lipinski definition) is 1. The summed E-state index contributed by atoms with van der Waals surface area (Å²) in [5.74, 6) is 0.0399. The second kappa shape index (κ2) is 6.29. The molecule has 1 aliphatic heterocycles. The number of carbonyl (C=O) groups is 1. The maximum atomic E-state index is 12.5. The van der Waals surface area contributed by atoms with Gasteiger partial charge in [0, 0.05) is 29.8 Å². The first-order valence-electron chi connectivity index (χ1n) is 6.35. The van der Waals surface area contributed by atoms with E-state index in [4.69, 9.17) is 0 Å². The summed E-state index contributed by atoms with van der Waals surface area (Å²) < 4.78 is 0.892. The van der Waals surface area contributed by atoms with Crippen LogP contribution in [-0.4, -0.2) is 41.5 Å². The molecule has 0 spiro atoms. The average molecular weight is 312 g/mol. The number of nitrogens with one attached hydrogen (secondary N) is 1. The number of amides is 1. The fraction of sp³-hybridized carbons (Fsp3) is 0.538. The summed E-state index contributed by atoms with van der Waals surface area (Å²) >= 11 is 3.33. The third kappa shape index (κ3) is 3.09. The lowest BCUT2D eigenvalue weighted by Crippen LogP contribution is -2.42. The molecule has 1 aliphatic rings. The van der Waals surface area contributed by atoms with Crippen LogP contribution in [0.4, 0.5) is 0 Å². The summed E-state index contributed by atoms with van der Waals surface area (Å²) in [4.78, 5) is 18.6. The Morgan fingerprint density at radius 3 is 3.00 bits per heavy atom. The summed E-state index contributed by atoms with van der Waals surface area (Å²) in [5.41, 5.74) is 0.526. The first-order chi connectivity index (χ1) is 8.72. The van der Waals surface area contributed by atoms with Crippen LogP contribution in [-0.2, 0) is 0 Å². The fourth-order valence-electron chi connectivity index (χ4n) is 2.25. The average Bonchev–Trinajstić information content (AvgIpc) is 2.90. The summed E-state index contributed by atoms with van der Waals surface area (Å²) in [6, 6.07) is 3.94. The van der Waals surface area contributed by atoms with E-state index in [1.165, 1.54) is 0 Å². The quantitative estimate of drug-likeness (QED) is 0.925. The first-order valence-corrected chi connectivity index (χ1v) is 7.15. The van der Waals surface area contributed by atoms with Gasteiger partial charge in [-0.1, -0.05) is 6.92 Å². The predicted molar refractivity (Wildman–Crippen MR) is 74.5 cm³/mol. The molecule has 5 heteroatoms. The van der Waals surface area contributed by atoms with Gasteiger partial charge in [-0.25, -0.2) is 4.98 Å². The first kappa shape index (κ1) is 13.5. The molecule has 1 saturated heterocycles. The van der Waals surface area contributed by atoms with Gasteiger partial charge in [-0.05, 0) is 47.4 Å². The van der Waals surface area contributed by atoms with Crippen molar-refractivity contribution in [3.63, 3.8) is 0 Å². The maximum Gasteiger partial charge on any atom is 0.272 e. The van der Waals surface area contributed by atoms with E-state index in [9.17, 15) is 4.79 Å². The van der Waals surface area contributed by atoms with Crippen molar-refractivity contribution in [2.45, 2.75) is 25.8 Å². The summed E-state index contributed by atoms with van der Waals surface area (Å²) in [5, 5.41) is 3.30. The van der Waals surface area contributed by atoms with Gasteiger partial charge in [-0.3, -0.25) is 4.79 Å². The van der Waals surface area contributed by atoms with E-state index in [0.29, 0.717) is 11.7 Å². The van der Waals surface area contributed by atoms with Gasteiger partial charge in [0.05, 0.1) is 0 Å². The second-order valence-electron chi connectivity index (χ2n) is 4.51. The lowest BCUT2D eigenvalue weighted by atomic mass is 10.2. The summed E-state index contributed by atoms with van der Waals surface area (Å²) in [7, 11) is 0. The Kier molecular flexibility index (Phi) is 4.72.